The number of benzene rings is 4. The third kappa shape index (κ3) is 9.12. The Bertz CT molecular complexity index is 2120. The van der Waals surface area contributed by atoms with Crippen molar-refractivity contribution in [3.8, 4) is 23.0 Å². The van der Waals surface area contributed by atoms with Gasteiger partial charge in [0.15, 0.2) is 12.2 Å². The van der Waals surface area contributed by atoms with Crippen molar-refractivity contribution in [2.75, 3.05) is 0 Å². The summed E-state index contributed by atoms with van der Waals surface area (Å²) in [6.07, 6.45) is 13.9. The second-order valence-corrected chi connectivity index (χ2v) is 21.7. The maximum absolute atomic E-state index is 7.48. The van der Waals surface area contributed by atoms with Gasteiger partial charge in [-0.1, -0.05) is 111 Å². The fourth-order valence-electron chi connectivity index (χ4n) is 15.2. The Kier molecular flexibility index (Phi) is 13.7. The van der Waals surface area contributed by atoms with Gasteiger partial charge < -0.3 is 18.9 Å². The van der Waals surface area contributed by atoms with Crippen molar-refractivity contribution in [1.82, 2.24) is 42.5 Å². The van der Waals surface area contributed by atoms with E-state index in [9.17, 15) is 0 Å². The van der Waals surface area contributed by atoms with Crippen LogP contribution in [-0.4, -0.2) is 73.7 Å². The van der Waals surface area contributed by atoms with E-state index in [1.54, 1.807) is 0 Å². The summed E-state index contributed by atoms with van der Waals surface area (Å²) in [4.78, 5) is 0. The zero-order chi connectivity index (χ0) is 45.0. The van der Waals surface area contributed by atoms with Gasteiger partial charge >= 0.3 is 0 Å². The molecule has 4 aromatic rings. The van der Waals surface area contributed by atoms with E-state index >= 15 is 0 Å². The van der Waals surface area contributed by atoms with Crippen LogP contribution in [0.15, 0.2) is 121 Å². The van der Waals surface area contributed by atoms with E-state index in [1.165, 1.54) is 77.0 Å². The Labute approximate surface area is 418 Å². The monoisotopic (exact) mass is 979 g/mol. The molecular weight excluding hydrogens is 907 g/mol. The molecule has 4 aromatic carbocycles. The van der Waals surface area contributed by atoms with Crippen LogP contribution in [0.25, 0.3) is 0 Å². The molecule has 9 aliphatic rings. The van der Waals surface area contributed by atoms with Crippen molar-refractivity contribution >= 4 is 0 Å². The van der Waals surface area contributed by atoms with Crippen LogP contribution in [0.1, 0.15) is 77.0 Å². The van der Waals surface area contributed by atoms with E-state index in [-0.39, 0.29) is 77.7 Å². The molecule has 9 fully saturated rings. The fraction of sp³-hybridized carbons (Fsp3) is 0.571. The van der Waals surface area contributed by atoms with E-state index in [4.69, 9.17) is 18.9 Å². The third-order valence-corrected chi connectivity index (χ3v) is 18.1. The molecule has 0 spiro atoms. The van der Waals surface area contributed by atoms with Crippen LogP contribution in [0.3, 0.4) is 0 Å². The molecule has 0 amide bonds. The van der Waals surface area contributed by atoms with Crippen LogP contribution in [0.2, 0.25) is 0 Å². The Hall–Kier alpha value is -3.75. The van der Waals surface area contributed by atoms with Crippen LogP contribution in [0.4, 0.5) is 0 Å². The van der Waals surface area contributed by atoms with E-state index in [1.807, 2.05) is 60.7 Å². The average molecular weight is 980 g/mol. The molecule has 0 radical (unpaired) electrons. The number of rotatable bonds is 8. The molecule has 4 saturated carbocycles. The zero-order valence-electron chi connectivity index (χ0n) is 39.5. The zero-order valence-corrected chi connectivity index (χ0v) is 40.5. The van der Waals surface area contributed by atoms with E-state index in [2.05, 4.69) is 103 Å². The largest absolute Gasteiger partial charge is 0.486 e. The molecule has 5 saturated heterocycles. The SMILES string of the molecule is [Ni].c1ccc(OC2C(Oc3ccccc3)C(Oc3ccccc3)C3C4NC5NC(NC6NC(NC7NC(NC(N4)C3C2Oc2ccccc2)C2CCCCC72)C2CCCCC62)C2CCCCC52)cc1. The molecule has 69 heavy (non-hydrogen) atoms. The smallest absolute Gasteiger partial charge is 0.176 e. The van der Waals surface area contributed by atoms with Crippen molar-refractivity contribution in [2.45, 2.75) is 151 Å². The first kappa shape index (κ1) is 46.3. The summed E-state index contributed by atoms with van der Waals surface area (Å²) in [6, 6.07) is 41.1. The first-order valence-electron chi connectivity index (χ1n) is 26.6. The molecule has 5 aliphatic heterocycles. The number of fused-ring (bicyclic) bond motifs is 20. The molecule has 4 aliphatic carbocycles. The van der Waals surface area contributed by atoms with Crippen molar-refractivity contribution < 1.29 is 35.4 Å². The second kappa shape index (κ2) is 20.4. The minimum absolute atomic E-state index is 0. The van der Waals surface area contributed by atoms with Crippen molar-refractivity contribution in [3.63, 3.8) is 0 Å². The van der Waals surface area contributed by atoms with Gasteiger partial charge in [-0.3, -0.25) is 42.5 Å². The van der Waals surface area contributed by atoms with Crippen LogP contribution in [0.5, 0.6) is 23.0 Å². The van der Waals surface area contributed by atoms with Crippen LogP contribution < -0.4 is 61.5 Å². The van der Waals surface area contributed by atoms with Crippen LogP contribution in [-0.2, 0) is 16.5 Å². The molecular formula is C56H72N8NiO4. The first-order valence-corrected chi connectivity index (χ1v) is 26.6. The number of ether oxygens (including phenoxy) is 4. The number of nitrogens with one attached hydrogen (secondary N) is 8. The molecule has 8 bridgehead atoms. The van der Waals surface area contributed by atoms with Crippen molar-refractivity contribution in [2.24, 2.45) is 47.3 Å². The maximum atomic E-state index is 7.48. The van der Waals surface area contributed by atoms with E-state index in [0.717, 1.165) is 23.0 Å². The predicted octanol–water partition coefficient (Wildman–Crippen LogP) is 6.83. The minimum Gasteiger partial charge on any atom is -0.486 e. The van der Waals surface area contributed by atoms with Gasteiger partial charge in [0.25, 0.3) is 0 Å². The van der Waals surface area contributed by atoms with Crippen molar-refractivity contribution in [1.29, 1.82) is 0 Å². The van der Waals surface area contributed by atoms with Gasteiger partial charge in [0.2, 0.25) is 0 Å². The second-order valence-electron chi connectivity index (χ2n) is 21.7. The van der Waals surface area contributed by atoms with Gasteiger partial charge in [0.1, 0.15) is 35.2 Å². The minimum atomic E-state index is -0.578. The summed E-state index contributed by atoms with van der Waals surface area (Å²) in [6.45, 7) is 0. The van der Waals surface area contributed by atoms with Gasteiger partial charge in [0, 0.05) is 28.3 Å². The summed E-state index contributed by atoms with van der Waals surface area (Å²) in [5.74, 6) is 6.19. The molecule has 13 rings (SSSR count). The van der Waals surface area contributed by atoms with E-state index in [0.29, 0.717) is 35.5 Å². The Morgan fingerprint density at radius 2 is 0.464 bits per heavy atom. The molecule has 0 aromatic heterocycles. The molecule has 370 valence electrons. The standard InChI is InChI=1S/C56H72N8O4.Ni/c1-5-19-33(20-6-1)65-45-43-44(46(66-34-21-7-2-8-22-34)48(68-36-25-11-4-12-26-36)47(45)67-35-23-9-3-10-24-35)56-63-54-42-32-18-16-30-40(42)52(61-54)59-50-38-28-14-13-27-37(38)49(57-50)58-51-39-29-15-17-31-41(39)53(60-51)62-55(43)64-56;/h1-12,19-26,37-64H,13-18,27-32H2;. The van der Waals surface area contributed by atoms with Gasteiger partial charge in [-0.25, -0.2) is 0 Å². The molecule has 5 heterocycles. The summed E-state index contributed by atoms with van der Waals surface area (Å²) in [7, 11) is 0. The topological polar surface area (TPSA) is 133 Å². The summed E-state index contributed by atoms with van der Waals surface area (Å²) < 4.78 is 29.6. The summed E-state index contributed by atoms with van der Waals surface area (Å²) >= 11 is 0. The van der Waals surface area contributed by atoms with E-state index < -0.39 is 24.4 Å². The summed E-state index contributed by atoms with van der Waals surface area (Å²) in [5, 5.41) is 34.5. The first-order chi connectivity index (χ1) is 33.7. The summed E-state index contributed by atoms with van der Waals surface area (Å²) in [5.41, 5.74) is 0. The predicted molar refractivity (Wildman–Crippen MR) is 262 cm³/mol. The molecule has 20 atom stereocenters. The van der Waals surface area contributed by atoms with Crippen molar-refractivity contribution in [3.05, 3.63) is 121 Å². The maximum Gasteiger partial charge on any atom is 0.176 e. The van der Waals surface area contributed by atoms with Gasteiger partial charge in [-0.05, 0) is 123 Å². The fourth-order valence-corrected chi connectivity index (χ4v) is 15.2. The number of hydrogen-bond acceptors (Lipinski definition) is 12. The Morgan fingerprint density at radius 3 is 0.710 bits per heavy atom. The Morgan fingerprint density at radius 1 is 0.261 bits per heavy atom. The van der Waals surface area contributed by atoms with Crippen LogP contribution >= 0.6 is 0 Å². The van der Waals surface area contributed by atoms with Gasteiger partial charge in [-0.15, -0.1) is 0 Å². The van der Waals surface area contributed by atoms with Gasteiger partial charge in [-0.2, -0.15) is 0 Å². The Balaban J connectivity index is 0.00000492. The molecule has 12 nitrogen and oxygen atoms in total. The molecule has 8 N–H and O–H groups in total. The quantitative estimate of drug-likeness (QED) is 0.0881. The number of hydrogen-bond donors (Lipinski definition) is 8. The van der Waals surface area contributed by atoms with Gasteiger partial charge in [0.05, 0.1) is 49.3 Å². The molecule has 20 unspecified atom stereocenters. The molecule has 13 heteroatoms. The number of para-hydroxylation sites is 4. The normalized spacial score (nSPS) is 42.1. The average Bonchev–Trinajstić information content (AvgIpc) is 4.13. The van der Waals surface area contributed by atoms with Crippen LogP contribution in [0, 0.1) is 47.3 Å². The third-order valence-electron chi connectivity index (χ3n) is 18.1.